The molecule has 0 spiro atoms. The number of hydrogen-bond acceptors (Lipinski definition) is 5. The van der Waals surface area contributed by atoms with E-state index in [-0.39, 0.29) is 5.69 Å². The normalized spacial score (nSPS) is 11.2. The molecule has 0 atom stereocenters. The molecule has 0 bridgehead atoms. The molecule has 0 aliphatic carbocycles. The molecule has 0 amide bonds. The summed E-state index contributed by atoms with van der Waals surface area (Å²) in [5.74, 6) is 0. The molecule has 0 unspecified atom stereocenters. The Morgan fingerprint density at radius 3 is 2.43 bits per heavy atom. The van der Waals surface area contributed by atoms with Crippen molar-refractivity contribution in [3.63, 3.8) is 0 Å². The summed E-state index contributed by atoms with van der Waals surface area (Å²) in [7, 11) is 0. The van der Waals surface area contributed by atoms with Gasteiger partial charge in [-0.1, -0.05) is 0 Å². The van der Waals surface area contributed by atoms with E-state index >= 15 is 0 Å². The lowest BCUT2D eigenvalue weighted by Gasteiger charge is -2.09. The van der Waals surface area contributed by atoms with Gasteiger partial charge < -0.3 is 4.57 Å². The van der Waals surface area contributed by atoms with Crippen LogP contribution >= 0.6 is 0 Å². The Morgan fingerprint density at radius 2 is 1.83 bits per heavy atom. The van der Waals surface area contributed by atoms with Crippen molar-refractivity contribution in [1.82, 2.24) is 19.4 Å². The van der Waals surface area contributed by atoms with Crippen LogP contribution in [-0.4, -0.2) is 30.6 Å². The molecule has 2 heterocycles. The summed E-state index contributed by atoms with van der Waals surface area (Å²) in [4.78, 5) is 10.3. The maximum absolute atomic E-state index is 10.8. The number of aromatic nitrogens is 4. The second-order valence-electron chi connectivity index (χ2n) is 5.02. The Bertz CT molecular complexity index is 862. The summed E-state index contributed by atoms with van der Waals surface area (Å²) in [6.45, 7) is 3.95. The lowest BCUT2D eigenvalue weighted by atomic mass is 10.2. The molecule has 3 aromatic rings. The number of aryl methyl sites for hydroxylation is 1. The molecule has 0 fully saturated rings. The number of nitro benzene ring substituents is 1. The standard InChI is InChI=1S/C15H14N6O2/c1-11-7-13(8-18-19-9-16-17-10-19)12(2)20(11)14-3-5-15(6-4-14)21(22)23/h3-10H,1-2H3/b18-8+. The van der Waals surface area contributed by atoms with Gasteiger partial charge in [-0.25, -0.2) is 4.68 Å². The monoisotopic (exact) mass is 310 g/mol. The van der Waals surface area contributed by atoms with Gasteiger partial charge in [0, 0.05) is 34.8 Å². The number of non-ortho nitro benzene ring substituents is 1. The van der Waals surface area contributed by atoms with Crippen molar-refractivity contribution in [3.8, 4) is 5.69 Å². The lowest BCUT2D eigenvalue weighted by Crippen LogP contribution is -2.00. The molecular formula is C15H14N6O2. The van der Waals surface area contributed by atoms with Crippen molar-refractivity contribution in [1.29, 1.82) is 0 Å². The Hall–Kier alpha value is -3.29. The highest BCUT2D eigenvalue weighted by molar-refractivity contribution is 5.82. The number of nitrogens with zero attached hydrogens (tertiary/aromatic N) is 6. The van der Waals surface area contributed by atoms with Crippen LogP contribution in [0.2, 0.25) is 0 Å². The topological polar surface area (TPSA) is 91.1 Å². The SMILES string of the molecule is Cc1cc(/C=N/n2cnnc2)c(C)n1-c1ccc([N+](=O)[O-])cc1. The van der Waals surface area contributed by atoms with Gasteiger partial charge in [0.15, 0.2) is 0 Å². The van der Waals surface area contributed by atoms with E-state index < -0.39 is 4.92 Å². The zero-order valence-corrected chi connectivity index (χ0v) is 12.6. The third kappa shape index (κ3) is 2.86. The van der Waals surface area contributed by atoms with E-state index in [9.17, 15) is 10.1 Å². The van der Waals surface area contributed by atoms with E-state index in [1.54, 1.807) is 18.3 Å². The van der Waals surface area contributed by atoms with Gasteiger partial charge in [-0.3, -0.25) is 10.1 Å². The molecule has 0 aliphatic rings. The third-order valence-corrected chi connectivity index (χ3v) is 3.53. The van der Waals surface area contributed by atoms with Crippen LogP contribution in [0.5, 0.6) is 0 Å². The molecule has 2 aromatic heterocycles. The molecule has 8 nitrogen and oxygen atoms in total. The molecule has 0 N–H and O–H groups in total. The van der Waals surface area contributed by atoms with Crippen LogP contribution in [0.15, 0.2) is 48.1 Å². The van der Waals surface area contributed by atoms with Crippen molar-refractivity contribution < 1.29 is 4.92 Å². The van der Waals surface area contributed by atoms with Gasteiger partial charge in [0.1, 0.15) is 12.7 Å². The molecule has 23 heavy (non-hydrogen) atoms. The van der Waals surface area contributed by atoms with Gasteiger partial charge >= 0.3 is 0 Å². The second kappa shape index (κ2) is 5.84. The molecule has 0 radical (unpaired) electrons. The van der Waals surface area contributed by atoms with Crippen molar-refractivity contribution in [2.45, 2.75) is 13.8 Å². The average Bonchev–Trinajstić information content (AvgIpc) is 3.14. The summed E-state index contributed by atoms with van der Waals surface area (Å²) >= 11 is 0. The summed E-state index contributed by atoms with van der Waals surface area (Å²) in [6.07, 6.45) is 4.74. The Labute approximate surface area is 131 Å². The Kier molecular flexibility index (Phi) is 3.71. The fraction of sp³-hybridized carbons (Fsp3) is 0.133. The van der Waals surface area contributed by atoms with Crippen LogP contribution in [-0.2, 0) is 0 Å². The molecule has 3 rings (SSSR count). The highest BCUT2D eigenvalue weighted by atomic mass is 16.6. The molecule has 0 saturated carbocycles. The number of nitro groups is 1. The van der Waals surface area contributed by atoms with Gasteiger partial charge in [-0.2, -0.15) is 5.10 Å². The van der Waals surface area contributed by atoms with Crippen molar-refractivity contribution in [3.05, 3.63) is 70.1 Å². The third-order valence-electron chi connectivity index (χ3n) is 3.53. The Balaban J connectivity index is 1.96. The first-order valence-corrected chi connectivity index (χ1v) is 6.89. The molecule has 0 aliphatic heterocycles. The molecule has 8 heteroatoms. The van der Waals surface area contributed by atoms with E-state index in [0.29, 0.717) is 0 Å². The van der Waals surface area contributed by atoms with Crippen molar-refractivity contribution >= 4 is 11.9 Å². The van der Waals surface area contributed by atoms with Gasteiger partial charge in [-0.15, -0.1) is 10.2 Å². The van der Waals surface area contributed by atoms with Crippen molar-refractivity contribution in [2.75, 3.05) is 0 Å². The molecule has 0 saturated heterocycles. The first kappa shape index (κ1) is 14.6. The molecular weight excluding hydrogens is 296 g/mol. The van der Waals surface area contributed by atoms with Crippen LogP contribution < -0.4 is 0 Å². The smallest absolute Gasteiger partial charge is 0.269 e. The maximum atomic E-state index is 10.8. The quantitative estimate of drug-likeness (QED) is 0.420. The van der Waals surface area contributed by atoms with E-state index in [2.05, 4.69) is 15.3 Å². The van der Waals surface area contributed by atoms with Gasteiger partial charge in [0.25, 0.3) is 5.69 Å². The first-order chi connectivity index (χ1) is 11.1. The number of rotatable bonds is 4. The van der Waals surface area contributed by atoms with Gasteiger partial charge in [0.05, 0.1) is 11.1 Å². The second-order valence-corrected chi connectivity index (χ2v) is 5.02. The van der Waals surface area contributed by atoms with Crippen molar-refractivity contribution in [2.24, 2.45) is 5.10 Å². The number of hydrogen-bond donors (Lipinski definition) is 0. The fourth-order valence-corrected chi connectivity index (χ4v) is 2.42. The van der Waals surface area contributed by atoms with E-state index in [1.807, 2.05) is 24.5 Å². The highest BCUT2D eigenvalue weighted by Gasteiger charge is 2.11. The first-order valence-electron chi connectivity index (χ1n) is 6.89. The minimum absolute atomic E-state index is 0.0746. The van der Waals surface area contributed by atoms with E-state index in [1.165, 1.54) is 29.5 Å². The summed E-state index contributed by atoms with van der Waals surface area (Å²) in [5, 5.41) is 22.4. The minimum Gasteiger partial charge on any atom is -0.318 e. The van der Waals surface area contributed by atoms with Crippen LogP contribution in [0.1, 0.15) is 17.0 Å². The predicted octanol–water partition coefficient (Wildman–Crippen LogP) is 2.48. The highest BCUT2D eigenvalue weighted by Crippen LogP contribution is 2.22. The fourth-order valence-electron chi connectivity index (χ4n) is 2.42. The van der Waals surface area contributed by atoms with Gasteiger partial charge in [0.2, 0.25) is 0 Å². The van der Waals surface area contributed by atoms with E-state index in [4.69, 9.17) is 0 Å². The summed E-state index contributed by atoms with van der Waals surface area (Å²) < 4.78 is 3.54. The Morgan fingerprint density at radius 1 is 1.17 bits per heavy atom. The summed E-state index contributed by atoms with van der Waals surface area (Å²) in [5.41, 5.74) is 3.91. The van der Waals surface area contributed by atoms with Gasteiger partial charge in [-0.05, 0) is 32.0 Å². The average molecular weight is 310 g/mol. The van der Waals surface area contributed by atoms with Crippen LogP contribution in [0.3, 0.4) is 0 Å². The zero-order chi connectivity index (χ0) is 16.4. The number of benzene rings is 1. The van der Waals surface area contributed by atoms with Crippen LogP contribution in [0.4, 0.5) is 5.69 Å². The predicted molar refractivity (Wildman–Crippen MR) is 84.9 cm³/mol. The minimum atomic E-state index is -0.406. The zero-order valence-electron chi connectivity index (χ0n) is 12.6. The molecule has 1 aromatic carbocycles. The van der Waals surface area contributed by atoms with Crippen LogP contribution in [0, 0.1) is 24.0 Å². The van der Waals surface area contributed by atoms with E-state index in [0.717, 1.165) is 22.6 Å². The maximum Gasteiger partial charge on any atom is 0.269 e. The largest absolute Gasteiger partial charge is 0.318 e. The molecule has 116 valence electrons. The van der Waals surface area contributed by atoms with Crippen LogP contribution in [0.25, 0.3) is 5.69 Å². The summed E-state index contributed by atoms with van der Waals surface area (Å²) in [6, 6.07) is 8.47. The lowest BCUT2D eigenvalue weighted by molar-refractivity contribution is -0.384.